The van der Waals surface area contributed by atoms with Crippen LogP contribution in [-0.4, -0.2) is 24.1 Å². The number of nitrogens with one attached hydrogen (secondary N) is 1. The van der Waals surface area contributed by atoms with Gasteiger partial charge in [-0.2, -0.15) is 0 Å². The van der Waals surface area contributed by atoms with Crippen LogP contribution >= 0.6 is 0 Å². The molecule has 0 amide bonds. The molecule has 0 spiro atoms. The van der Waals surface area contributed by atoms with Crippen LogP contribution in [0.1, 0.15) is 36.7 Å². The van der Waals surface area contributed by atoms with Gasteiger partial charge in [0, 0.05) is 32.6 Å². The lowest BCUT2D eigenvalue weighted by Crippen LogP contribution is -2.19. The first-order chi connectivity index (χ1) is 9.99. The van der Waals surface area contributed by atoms with Crippen LogP contribution in [0.4, 0.5) is 11.6 Å². The van der Waals surface area contributed by atoms with E-state index in [1.165, 1.54) is 11.1 Å². The van der Waals surface area contributed by atoms with E-state index in [-0.39, 0.29) is 0 Å². The standard InChI is InChI=1S/C17H24N4/c1-12(2)17-19-15(18-4)10-16(20-17)21(5)11-14-8-6-7-13(3)9-14/h6-10,12H,11H2,1-5H3,(H,18,19,20). The normalized spacial score (nSPS) is 10.8. The second kappa shape index (κ2) is 6.57. The Hall–Kier alpha value is -2.10. The van der Waals surface area contributed by atoms with Gasteiger partial charge in [0.15, 0.2) is 0 Å². The number of hydrogen-bond donors (Lipinski definition) is 1. The number of aryl methyl sites for hydroxylation is 1. The Balaban J connectivity index is 2.25. The highest BCUT2D eigenvalue weighted by Crippen LogP contribution is 2.20. The van der Waals surface area contributed by atoms with E-state index in [0.717, 1.165) is 24.0 Å². The molecule has 4 heteroatoms. The van der Waals surface area contributed by atoms with Crippen LogP contribution < -0.4 is 10.2 Å². The molecule has 0 saturated heterocycles. The average Bonchev–Trinajstić information content (AvgIpc) is 2.46. The van der Waals surface area contributed by atoms with Crippen molar-refractivity contribution in [3.8, 4) is 0 Å². The Morgan fingerprint density at radius 2 is 1.95 bits per heavy atom. The maximum Gasteiger partial charge on any atom is 0.135 e. The van der Waals surface area contributed by atoms with Crippen LogP contribution in [0.2, 0.25) is 0 Å². The third kappa shape index (κ3) is 3.94. The number of benzene rings is 1. The summed E-state index contributed by atoms with van der Waals surface area (Å²) >= 11 is 0. The molecule has 1 aromatic heterocycles. The fourth-order valence-electron chi connectivity index (χ4n) is 2.20. The molecule has 2 rings (SSSR count). The van der Waals surface area contributed by atoms with Gasteiger partial charge in [0.1, 0.15) is 17.5 Å². The summed E-state index contributed by atoms with van der Waals surface area (Å²) in [5.74, 6) is 2.98. The Morgan fingerprint density at radius 1 is 1.19 bits per heavy atom. The van der Waals surface area contributed by atoms with Crippen molar-refractivity contribution in [2.75, 3.05) is 24.3 Å². The summed E-state index contributed by atoms with van der Waals surface area (Å²) in [5, 5.41) is 3.11. The van der Waals surface area contributed by atoms with E-state index in [2.05, 4.69) is 72.3 Å². The third-order valence-electron chi connectivity index (χ3n) is 3.40. The number of aromatic nitrogens is 2. The van der Waals surface area contributed by atoms with Crippen molar-refractivity contribution in [2.45, 2.75) is 33.2 Å². The molecule has 0 atom stereocenters. The summed E-state index contributed by atoms with van der Waals surface area (Å²) < 4.78 is 0. The van der Waals surface area contributed by atoms with Gasteiger partial charge >= 0.3 is 0 Å². The van der Waals surface area contributed by atoms with Gasteiger partial charge in [0.25, 0.3) is 0 Å². The van der Waals surface area contributed by atoms with Gasteiger partial charge < -0.3 is 10.2 Å². The number of rotatable bonds is 5. The molecule has 0 aliphatic carbocycles. The van der Waals surface area contributed by atoms with Crippen LogP contribution in [-0.2, 0) is 6.54 Å². The fraction of sp³-hybridized carbons (Fsp3) is 0.412. The highest BCUT2D eigenvalue weighted by molar-refractivity contribution is 5.49. The van der Waals surface area contributed by atoms with Crippen LogP contribution in [0, 0.1) is 6.92 Å². The van der Waals surface area contributed by atoms with E-state index in [9.17, 15) is 0 Å². The first kappa shape index (κ1) is 15.3. The van der Waals surface area contributed by atoms with Gasteiger partial charge in [-0.05, 0) is 12.5 Å². The molecule has 0 saturated carbocycles. The molecule has 1 heterocycles. The van der Waals surface area contributed by atoms with E-state index in [1.807, 2.05) is 13.1 Å². The van der Waals surface area contributed by atoms with Gasteiger partial charge in [-0.1, -0.05) is 43.7 Å². The van der Waals surface area contributed by atoms with E-state index in [4.69, 9.17) is 0 Å². The zero-order chi connectivity index (χ0) is 15.4. The molecule has 0 fully saturated rings. The lowest BCUT2D eigenvalue weighted by Gasteiger charge is -2.20. The maximum atomic E-state index is 4.67. The summed E-state index contributed by atoms with van der Waals surface area (Å²) in [6.07, 6.45) is 0. The molecule has 4 nitrogen and oxygen atoms in total. The van der Waals surface area contributed by atoms with Crippen LogP contribution in [0.15, 0.2) is 30.3 Å². The van der Waals surface area contributed by atoms with E-state index < -0.39 is 0 Å². The lowest BCUT2D eigenvalue weighted by molar-refractivity contribution is 0.764. The molecule has 0 unspecified atom stereocenters. The molecule has 0 bridgehead atoms. The van der Waals surface area contributed by atoms with E-state index in [1.54, 1.807) is 0 Å². The third-order valence-corrected chi connectivity index (χ3v) is 3.40. The van der Waals surface area contributed by atoms with Crippen LogP contribution in [0.25, 0.3) is 0 Å². The lowest BCUT2D eigenvalue weighted by atomic mass is 10.1. The maximum absolute atomic E-state index is 4.67. The zero-order valence-corrected chi connectivity index (χ0v) is 13.5. The molecule has 0 radical (unpaired) electrons. The van der Waals surface area contributed by atoms with E-state index >= 15 is 0 Å². The predicted molar refractivity (Wildman–Crippen MR) is 89.0 cm³/mol. The Bertz CT molecular complexity index is 607. The van der Waals surface area contributed by atoms with Crippen molar-refractivity contribution in [2.24, 2.45) is 0 Å². The highest BCUT2D eigenvalue weighted by atomic mass is 15.2. The molecule has 21 heavy (non-hydrogen) atoms. The molecule has 1 N–H and O–H groups in total. The smallest absolute Gasteiger partial charge is 0.135 e. The molecule has 1 aromatic carbocycles. The molecule has 0 aliphatic heterocycles. The molecule has 2 aromatic rings. The highest BCUT2D eigenvalue weighted by Gasteiger charge is 2.11. The second-order valence-corrected chi connectivity index (χ2v) is 5.72. The van der Waals surface area contributed by atoms with Crippen LogP contribution in [0.3, 0.4) is 0 Å². The minimum atomic E-state index is 0.310. The SMILES string of the molecule is CNc1cc(N(C)Cc2cccc(C)c2)nc(C(C)C)n1. The van der Waals surface area contributed by atoms with Gasteiger partial charge in [-0.15, -0.1) is 0 Å². The number of hydrogen-bond acceptors (Lipinski definition) is 4. The summed E-state index contributed by atoms with van der Waals surface area (Å²) in [7, 11) is 3.95. The fourth-order valence-corrected chi connectivity index (χ4v) is 2.20. The minimum Gasteiger partial charge on any atom is -0.373 e. The average molecular weight is 284 g/mol. The Morgan fingerprint density at radius 3 is 2.57 bits per heavy atom. The summed E-state index contributed by atoms with van der Waals surface area (Å²) in [6, 6.07) is 10.6. The van der Waals surface area contributed by atoms with Crippen molar-refractivity contribution in [3.63, 3.8) is 0 Å². The number of anilines is 2. The molecular weight excluding hydrogens is 260 g/mol. The quantitative estimate of drug-likeness (QED) is 0.911. The Kier molecular flexibility index (Phi) is 4.78. The first-order valence-corrected chi connectivity index (χ1v) is 7.33. The van der Waals surface area contributed by atoms with Crippen molar-refractivity contribution < 1.29 is 0 Å². The summed E-state index contributed by atoms with van der Waals surface area (Å²) in [5.41, 5.74) is 2.57. The first-order valence-electron chi connectivity index (χ1n) is 7.33. The number of nitrogens with zero attached hydrogens (tertiary/aromatic N) is 3. The van der Waals surface area contributed by atoms with Gasteiger partial charge in [-0.25, -0.2) is 9.97 Å². The monoisotopic (exact) mass is 284 g/mol. The zero-order valence-electron chi connectivity index (χ0n) is 13.5. The van der Waals surface area contributed by atoms with Gasteiger partial charge in [-0.3, -0.25) is 0 Å². The molecule has 112 valence electrons. The van der Waals surface area contributed by atoms with Crippen molar-refractivity contribution >= 4 is 11.6 Å². The van der Waals surface area contributed by atoms with Crippen LogP contribution in [0.5, 0.6) is 0 Å². The topological polar surface area (TPSA) is 41.0 Å². The summed E-state index contributed by atoms with van der Waals surface area (Å²) in [6.45, 7) is 7.17. The second-order valence-electron chi connectivity index (χ2n) is 5.72. The van der Waals surface area contributed by atoms with Crippen molar-refractivity contribution in [1.29, 1.82) is 0 Å². The van der Waals surface area contributed by atoms with Crippen molar-refractivity contribution in [1.82, 2.24) is 9.97 Å². The van der Waals surface area contributed by atoms with Gasteiger partial charge in [0.2, 0.25) is 0 Å². The molecule has 0 aliphatic rings. The van der Waals surface area contributed by atoms with Gasteiger partial charge in [0.05, 0.1) is 0 Å². The predicted octanol–water partition coefficient (Wildman–Crippen LogP) is 3.59. The summed E-state index contributed by atoms with van der Waals surface area (Å²) in [4.78, 5) is 11.3. The minimum absolute atomic E-state index is 0.310. The largest absolute Gasteiger partial charge is 0.373 e. The van der Waals surface area contributed by atoms with Crippen molar-refractivity contribution in [3.05, 3.63) is 47.3 Å². The van der Waals surface area contributed by atoms with E-state index in [0.29, 0.717) is 5.92 Å². The Labute approximate surface area is 127 Å². The molecular formula is C17H24N4.